The summed E-state index contributed by atoms with van der Waals surface area (Å²) in [5.74, 6) is 0.448. The number of nitrogens with one attached hydrogen (secondary N) is 2. The van der Waals surface area contributed by atoms with E-state index in [1.165, 1.54) is 0 Å². The summed E-state index contributed by atoms with van der Waals surface area (Å²) >= 11 is 3.42. The van der Waals surface area contributed by atoms with Gasteiger partial charge in [-0.2, -0.15) is 0 Å². The number of hydrogen-bond acceptors (Lipinski definition) is 3. The molecule has 0 aliphatic heterocycles. The van der Waals surface area contributed by atoms with Gasteiger partial charge in [0.1, 0.15) is 17.2 Å². The van der Waals surface area contributed by atoms with E-state index in [0.717, 1.165) is 28.4 Å². The van der Waals surface area contributed by atoms with E-state index in [1.807, 2.05) is 49.4 Å². The Morgan fingerprint density at radius 3 is 2.39 bits per heavy atom. The van der Waals surface area contributed by atoms with Crippen LogP contribution in [0, 0.1) is 6.92 Å². The van der Waals surface area contributed by atoms with Crippen LogP contribution in [0.4, 0.5) is 0 Å². The van der Waals surface area contributed by atoms with Crippen LogP contribution in [0.3, 0.4) is 0 Å². The predicted molar refractivity (Wildman–Crippen MR) is 126 cm³/mol. The smallest absolute Gasteiger partial charge is 0.267 e. The third-order valence-corrected chi connectivity index (χ3v) is 5.19. The van der Waals surface area contributed by atoms with Crippen LogP contribution >= 0.6 is 15.9 Å². The number of furan rings is 1. The van der Waals surface area contributed by atoms with E-state index >= 15 is 0 Å². The van der Waals surface area contributed by atoms with Crippen molar-refractivity contribution in [2.75, 3.05) is 6.54 Å². The third kappa shape index (κ3) is 6.43. The molecule has 0 atom stereocenters. The second-order valence-corrected chi connectivity index (χ2v) is 8.11. The number of aryl methyl sites for hydroxylation is 1. The Labute approximate surface area is 190 Å². The number of amides is 2. The summed E-state index contributed by atoms with van der Waals surface area (Å²) in [6, 6.07) is 18.5. The predicted octanol–water partition coefficient (Wildman–Crippen LogP) is 5.70. The monoisotopic (exact) mass is 480 g/mol. The fraction of sp³-hybridized carbons (Fsp3) is 0.200. The molecule has 2 amide bonds. The summed E-state index contributed by atoms with van der Waals surface area (Å²) in [7, 11) is 0. The maximum atomic E-state index is 12.7. The first-order valence-corrected chi connectivity index (χ1v) is 11.0. The molecule has 5 nitrogen and oxygen atoms in total. The van der Waals surface area contributed by atoms with Crippen LogP contribution in [-0.2, 0) is 4.79 Å². The van der Waals surface area contributed by atoms with E-state index in [4.69, 9.17) is 4.42 Å². The highest BCUT2D eigenvalue weighted by molar-refractivity contribution is 9.10. The number of benzene rings is 2. The Kier molecular flexibility index (Phi) is 7.84. The quantitative estimate of drug-likeness (QED) is 0.320. The van der Waals surface area contributed by atoms with Crippen LogP contribution < -0.4 is 10.6 Å². The third-order valence-electron chi connectivity index (χ3n) is 4.66. The zero-order chi connectivity index (χ0) is 22.2. The van der Waals surface area contributed by atoms with E-state index in [9.17, 15) is 9.59 Å². The van der Waals surface area contributed by atoms with E-state index in [1.54, 1.807) is 24.3 Å². The minimum atomic E-state index is -0.351. The summed E-state index contributed by atoms with van der Waals surface area (Å²) in [5, 5.41) is 5.57. The largest absolute Gasteiger partial charge is 0.457 e. The molecule has 1 heterocycles. The highest BCUT2D eigenvalue weighted by Gasteiger charge is 2.15. The van der Waals surface area contributed by atoms with Gasteiger partial charge in [-0.05, 0) is 49.7 Å². The fourth-order valence-electron chi connectivity index (χ4n) is 2.87. The van der Waals surface area contributed by atoms with Gasteiger partial charge in [-0.1, -0.05) is 59.1 Å². The van der Waals surface area contributed by atoms with Crippen LogP contribution in [0.5, 0.6) is 0 Å². The van der Waals surface area contributed by atoms with Crippen molar-refractivity contribution in [1.82, 2.24) is 10.6 Å². The Hall–Kier alpha value is -3.12. The van der Waals surface area contributed by atoms with Crippen LogP contribution in [-0.4, -0.2) is 18.4 Å². The van der Waals surface area contributed by atoms with E-state index < -0.39 is 0 Å². The molecule has 2 aromatic carbocycles. The van der Waals surface area contributed by atoms with Gasteiger partial charge in [-0.3, -0.25) is 9.59 Å². The van der Waals surface area contributed by atoms with E-state index in [-0.39, 0.29) is 17.5 Å². The zero-order valence-electron chi connectivity index (χ0n) is 17.6. The van der Waals surface area contributed by atoms with Crippen molar-refractivity contribution in [3.8, 4) is 11.3 Å². The molecule has 0 saturated carbocycles. The SMILES string of the molecule is CCCCNC(=O)/C(=C/c1ccc(-c2ccc(Br)cc2)o1)NC(=O)c1ccc(C)cc1. The lowest BCUT2D eigenvalue weighted by Crippen LogP contribution is -2.35. The minimum absolute atomic E-state index is 0.137. The van der Waals surface area contributed by atoms with E-state index in [2.05, 4.69) is 33.5 Å². The number of halogens is 1. The second-order valence-electron chi connectivity index (χ2n) is 7.20. The van der Waals surface area contributed by atoms with Gasteiger partial charge < -0.3 is 15.1 Å². The highest BCUT2D eigenvalue weighted by atomic mass is 79.9. The Balaban J connectivity index is 1.83. The number of carbonyl (C=O) groups excluding carboxylic acids is 2. The first-order chi connectivity index (χ1) is 15.0. The van der Waals surface area contributed by atoms with Gasteiger partial charge in [-0.25, -0.2) is 0 Å². The standard InChI is InChI=1S/C25H25BrN2O3/c1-3-4-15-27-25(30)22(28-24(29)19-7-5-17(2)6-8-19)16-21-13-14-23(31-21)18-9-11-20(26)12-10-18/h5-14,16H,3-4,15H2,1-2H3,(H,27,30)(H,28,29)/b22-16-. The molecule has 0 radical (unpaired) electrons. The Morgan fingerprint density at radius 2 is 1.71 bits per heavy atom. The van der Waals surface area contributed by atoms with Gasteiger partial charge in [0.2, 0.25) is 0 Å². The Bertz CT molecular complexity index is 1070. The number of unbranched alkanes of at least 4 members (excludes halogenated alkanes) is 1. The van der Waals surface area contributed by atoms with Gasteiger partial charge >= 0.3 is 0 Å². The van der Waals surface area contributed by atoms with Crippen LogP contribution in [0.25, 0.3) is 17.4 Å². The minimum Gasteiger partial charge on any atom is -0.457 e. The summed E-state index contributed by atoms with van der Waals surface area (Å²) in [6.07, 6.45) is 3.37. The molecule has 0 unspecified atom stereocenters. The molecule has 2 N–H and O–H groups in total. The molecule has 31 heavy (non-hydrogen) atoms. The molecule has 0 bridgehead atoms. The lowest BCUT2D eigenvalue weighted by atomic mass is 10.1. The van der Waals surface area contributed by atoms with Crippen molar-refractivity contribution >= 4 is 33.8 Å². The molecule has 0 saturated heterocycles. The van der Waals surface area contributed by atoms with Gasteiger partial charge in [0, 0.05) is 28.2 Å². The Morgan fingerprint density at radius 1 is 1.00 bits per heavy atom. The maximum Gasteiger partial charge on any atom is 0.267 e. The van der Waals surface area contributed by atoms with Crippen molar-refractivity contribution in [3.63, 3.8) is 0 Å². The topological polar surface area (TPSA) is 71.3 Å². The molecule has 3 aromatic rings. The first-order valence-electron chi connectivity index (χ1n) is 10.2. The van der Waals surface area contributed by atoms with Crippen molar-refractivity contribution in [2.24, 2.45) is 0 Å². The molecule has 0 fully saturated rings. The van der Waals surface area contributed by atoms with Crippen molar-refractivity contribution in [3.05, 3.63) is 87.7 Å². The van der Waals surface area contributed by atoms with Crippen LogP contribution in [0.2, 0.25) is 0 Å². The first kappa shape index (κ1) is 22.6. The normalized spacial score (nSPS) is 11.3. The summed E-state index contributed by atoms with van der Waals surface area (Å²) in [6.45, 7) is 4.54. The molecular formula is C25H25BrN2O3. The van der Waals surface area contributed by atoms with Gasteiger partial charge in [-0.15, -0.1) is 0 Å². The maximum absolute atomic E-state index is 12.7. The van der Waals surface area contributed by atoms with Crippen LogP contribution in [0.1, 0.15) is 41.4 Å². The molecule has 6 heteroatoms. The number of hydrogen-bond donors (Lipinski definition) is 2. The fourth-order valence-corrected chi connectivity index (χ4v) is 3.14. The summed E-state index contributed by atoms with van der Waals surface area (Å²) in [4.78, 5) is 25.4. The molecule has 0 spiro atoms. The average molecular weight is 481 g/mol. The van der Waals surface area contributed by atoms with Gasteiger partial charge in [0.15, 0.2) is 0 Å². The highest BCUT2D eigenvalue weighted by Crippen LogP contribution is 2.25. The summed E-state index contributed by atoms with van der Waals surface area (Å²) in [5.41, 5.74) is 2.59. The van der Waals surface area contributed by atoms with E-state index in [0.29, 0.717) is 23.6 Å². The molecule has 160 valence electrons. The average Bonchev–Trinajstić information content (AvgIpc) is 3.23. The van der Waals surface area contributed by atoms with Crippen molar-refractivity contribution < 1.29 is 14.0 Å². The van der Waals surface area contributed by atoms with Gasteiger partial charge in [0.25, 0.3) is 11.8 Å². The summed E-state index contributed by atoms with van der Waals surface area (Å²) < 4.78 is 6.88. The second kappa shape index (κ2) is 10.8. The zero-order valence-corrected chi connectivity index (χ0v) is 19.2. The molecule has 0 aliphatic rings. The van der Waals surface area contributed by atoms with Crippen molar-refractivity contribution in [1.29, 1.82) is 0 Å². The van der Waals surface area contributed by atoms with Crippen molar-refractivity contribution in [2.45, 2.75) is 26.7 Å². The number of rotatable bonds is 8. The lowest BCUT2D eigenvalue weighted by Gasteiger charge is -2.10. The molecule has 3 rings (SSSR count). The molecular weight excluding hydrogens is 456 g/mol. The number of carbonyl (C=O) groups is 2. The van der Waals surface area contributed by atoms with Gasteiger partial charge in [0.05, 0.1) is 0 Å². The molecule has 1 aromatic heterocycles. The van der Waals surface area contributed by atoms with Crippen LogP contribution in [0.15, 0.2) is 75.3 Å². The lowest BCUT2D eigenvalue weighted by molar-refractivity contribution is -0.117. The molecule has 0 aliphatic carbocycles.